The van der Waals surface area contributed by atoms with Crippen molar-refractivity contribution in [1.82, 2.24) is 4.98 Å². The maximum absolute atomic E-state index is 11.7. The monoisotopic (exact) mass is 255 g/mol. The third-order valence-electron chi connectivity index (χ3n) is 2.86. The molecule has 5 heteroatoms. The largest absolute Gasteiger partial charge is 0.330 e. The number of anilines is 1. The van der Waals surface area contributed by atoms with Crippen LogP contribution in [-0.2, 0) is 11.2 Å². The Kier molecular flexibility index (Phi) is 5.58. The highest BCUT2D eigenvalue weighted by atomic mass is 32.1. The number of amides is 1. The fourth-order valence-corrected chi connectivity index (χ4v) is 2.55. The van der Waals surface area contributed by atoms with Crippen molar-refractivity contribution >= 4 is 22.4 Å². The van der Waals surface area contributed by atoms with Crippen molar-refractivity contribution in [2.45, 2.75) is 40.0 Å². The number of aromatic nitrogens is 1. The highest BCUT2D eigenvalue weighted by molar-refractivity contribution is 7.15. The number of hydrogen-bond donors (Lipinski definition) is 2. The predicted molar refractivity (Wildman–Crippen MR) is 72.3 cm³/mol. The Hall–Kier alpha value is -0.940. The van der Waals surface area contributed by atoms with Crippen molar-refractivity contribution in [3.05, 3.63) is 10.6 Å². The molecule has 1 heterocycles. The highest BCUT2D eigenvalue weighted by Crippen LogP contribution is 2.22. The second kappa shape index (κ2) is 6.71. The van der Waals surface area contributed by atoms with Gasteiger partial charge in [-0.2, -0.15) is 0 Å². The van der Waals surface area contributed by atoms with Gasteiger partial charge in [-0.3, -0.25) is 4.79 Å². The van der Waals surface area contributed by atoms with Crippen molar-refractivity contribution in [3.63, 3.8) is 0 Å². The minimum Gasteiger partial charge on any atom is -0.330 e. The summed E-state index contributed by atoms with van der Waals surface area (Å²) in [5, 5.41) is 3.55. The SMILES string of the molecule is CCc1nc(NC(=O)CC(CC)CN)sc1C. The minimum atomic E-state index is 0.0127. The number of hydrogen-bond acceptors (Lipinski definition) is 4. The van der Waals surface area contributed by atoms with Crippen LogP contribution in [0.4, 0.5) is 5.13 Å². The minimum absolute atomic E-state index is 0.0127. The number of nitrogens with one attached hydrogen (secondary N) is 1. The van der Waals surface area contributed by atoms with E-state index in [1.165, 1.54) is 16.2 Å². The van der Waals surface area contributed by atoms with Crippen LogP contribution < -0.4 is 11.1 Å². The van der Waals surface area contributed by atoms with E-state index in [1.54, 1.807) is 0 Å². The van der Waals surface area contributed by atoms with Crippen LogP contribution in [0.2, 0.25) is 0 Å². The molecule has 1 atom stereocenters. The van der Waals surface area contributed by atoms with Gasteiger partial charge in [0.25, 0.3) is 0 Å². The summed E-state index contributed by atoms with van der Waals surface area (Å²) < 4.78 is 0. The third kappa shape index (κ3) is 4.09. The van der Waals surface area contributed by atoms with E-state index in [4.69, 9.17) is 5.73 Å². The summed E-state index contributed by atoms with van der Waals surface area (Å²) >= 11 is 1.54. The summed E-state index contributed by atoms with van der Waals surface area (Å²) in [6.07, 6.45) is 2.31. The van der Waals surface area contributed by atoms with E-state index in [9.17, 15) is 4.79 Å². The van der Waals surface area contributed by atoms with E-state index in [2.05, 4.69) is 17.2 Å². The van der Waals surface area contributed by atoms with Gasteiger partial charge in [0.1, 0.15) is 0 Å². The Bertz CT molecular complexity index is 372. The zero-order valence-electron chi connectivity index (χ0n) is 10.7. The average molecular weight is 255 g/mol. The van der Waals surface area contributed by atoms with Crippen molar-refractivity contribution in [3.8, 4) is 0 Å². The first-order valence-corrected chi connectivity index (χ1v) is 6.88. The molecule has 0 radical (unpaired) electrons. The summed E-state index contributed by atoms with van der Waals surface area (Å²) in [5.41, 5.74) is 6.65. The molecule has 0 fully saturated rings. The van der Waals surface area contributed by atoms with Gasteiger partial charge in [-0.1, -0.05) is 20.3 Å². The number of carbonyl (C=O) groups excluding carboxylic acids is 1. The van der Waals surface area contributed by atoms with Gasteiger partial charge < -0.3 is 11.1 Å². The Labute approximate surface area is 107 Å². The van der Waals surface area contributed by atoms with Gasteiger partial charge in [0.05, 0.1) is 5.69 Å². The first-order valence-electron chi connectivity index (χ1n) is 6.06. The maximum Gasteiger partial charge on any atom is 0.226 e. The van der Waals surface area contributed by atoms with Crippen LogP contribution >= 0.6 is 11.3 Å². The number of nitrogens with zero attached hydrogens (tertiary/aromatic N) is 1. The summed E-state index contributed by atoms with van der Waals surface area (Å²) in [4.78, 5) is 17.3. The molecule has 1 aromatic rings. The Morgan fingerprint density at radius 1 is 1.53 bits per heavy atom. The van der Waals surface area contributed by atoms with Gasteiger partial charge in [-0.15, -0.1) is 11.3 Å². The van der Waals surface area contributed by atoms with Crippen LogP contribution in [0.3, 0.4) is 0 Å². The zero-order chi connectivity index (χ0) is 12.8. The van der Waals surface area contributed by atoms with Gasteiger partial charge in [-0.25, -0.2) is 4.98 Å². The van der Waals surface area contributed by atoms with E-state index in [-0.39, 0.29) is 11.8 Å². The lowest BCUT2D eigenvalue weighted by Gasteiger charge is -2.10. The van der Waals surface area contributed by atoms with Crippen LogP contribution in [0.5, 0.6) is 0 Å². The number of aryl methyl sites for hydroxylation is 2. The molecular formula is C12H21N3OS. The van der Waals surface area contributed by atoms with Gasteiger partial charge >= 0.3 is 0 Å². The number of nitrogens with two attached hydrogens (primary N) is 1. The molecule has 0 aliphatic rings. The van der Waals surface area contributed by atoms with Crippen LogP contribution in [-0.4, -0.2) is 17.4 Å². The molecule has 1 rings (SSSR count). The molecule has 1 aromatic heterocycles. The topological polar surface area (TPSA) is 68.0 Å². The molecule has 96 valence electrons. The Balaban J connectivity index is 2.55. The van der Waals surface area contributed by atoms with E-state index in [0.717, 1.165) is 18.5 Å². The molecule has 1 unspecified atom stereocenters. The average Bonchev–Trinajstić information content (AvgIpc) is 2.66. The second-order valence-corrected chi connectivity index (χ2v) is 5.34. The number of rotatable bonds is 6. The second-order valence-electron chi connectivity index (χ2n) is 4.14. The van der Waals surface area contributed by atoms with Gasteiger partial charge in [-0.05, 0) is 25.8 Å². The first kappa shape index (κ1) is 14.1. The van der Waals surface area contributed by atoms with Crippen LogP contribution in [0.15, 0.2) is 0 Å². The fourth-order valence-electron chi connectivity index (χ4n) is 1.64. The number of thiazole rings is 1. The third-order valence-corrected chi connectivity index (χ3v) is 3.79. The quantitative estimate of drug-likeness (QED) is 0.819. The first-order chi connectivity index (χ1) is 8.10. The molecule has 1 amide bonds. The van der Waals surface area contributed by atoms with Crippen LogP contribution in [0.25, 0.3) is 0 Å². The molecule has 0 aliphatic heterocycles. The molecule has 0 aliphatic carbocycles. The van der Waals surface area contributed by atoms with Gasteiger partial charge in [0.2, 0.25) is 5.91 Å². The molecule has 17 heavy (non-hydrogen) atoms. The molecule has 0 spiro atoms. The lowest BCUT2D eigenvalue weighted by atomic mass is 10.0. The molecule has 0 bridgehead atoms. The fraction of sp³-hybridized carbons (Fsp3) is 0.667. The molecular weight excluding hydrogens is 234 g/mol. The lowest BCUT2D eigenvalue weighted by Crippen LogP contribution is -2.21. The maximum atomic E-state index is 11.7. The standard InChI is InChI=1S/C12H21N3OS/c1-4-9(7-13)6-11(16)15-12-14-10(5-2)8(3)17-12/h9H,4-7,13H2,1-3H3,(H,14,15,16). The summed E-state index contributed by atoms with van der Waals surface area (Å²) in [6.45, 7) is 6.70. The molecule has 4 nitrogen and oxygen atoms in total. The smallest absolute Gasteiger partial charge is 0.226 e. The van der Waals surface area contributed by atoms with Gasteiger partial charge in [0, 0.05) is 11.3 Å². The predicted octanol–water partition coefficient (Wildman–Crippen LogP) is 2.33. The van der Waals surface area contributed by atoms with E-state index < -0.39 is 0 Å². The van der Waals surface area contributed by atoms with Gasteiger partial charge in [0.15, 0.2) is 5.13 Å². The molecule has 0 aromatic carbocycles. The summed E-state index contributed by atoms with van der Waals surface area (Å²) in [5.74, 6) is 0.278. The normalized spacial score (nSPS) is 12.5. The summed E-state index contributed by atoms with van der Waals surface area (Å²) in [6, 6.07) is 0. The van der Waals surface area contributed by atoms with E-state index in [0.29, 0.717) is 18.1 Å². The molecule has 0 saturated carbocycles. The highest BCUT2D eigenvalue weighted by Gasteiger charge is 2.13. The Morgan fingerprint density at radius 3 is 2.71 bits per heavy atom. The van der Waals surface area contributed by atoms with Crippen molar-refractivity contribution < 1.29 is 4.79 Å². The Morgan fingerprint density at radius 2 is 2.24 bits per heavy atom. The van der Waals surface area contributed by atoms with Crippen molar-refractivity contribution in [2.75, 3.05) is 11.9 Å². The van der Waals surface area contributed by atoms with Crippen LogP contribution in [0, 0.1) is 12.8 Å². The van der Waals surface area contributed by atoms with Crippen LogP contribution in [0.1, 0.15) is 37.3 Å². The number of carbonyl (C=O) groups is 1. The van der Waals surface area contributed by atoms with E-state index in [1.807, 2.05) is 13.8 Å². The molecule has 0 saturated heterocycles. The zero-order valence-corrected chi connectivity index (χ0v) is 11.6. The van der Waals surface area contributed by atoms with Crippen molar-refractivity contribution in [2.24, 2.45) is 11.7 Å². The lowest BCUT2D eigenvalue weighted by molar-refractivity contribution is -0.117. The summed E-state index contributed by atoms with van der Waals surface area (Å²) in [7, 11) is 0. The van der Waals surface area contributed by atoms with Crippen molar-refractivity contribution in [1.29, 1.82) is 0 Å². The van der Waals surface area contributed by atoms with E-state index >= 15 is 0 Å². The molecule has 3 N–H and O–H groups in total.